The molecule has 0 aromatic carbocycles. The molecule has 1 aliphatic carbocycles. The first-order chi connectivity index (χ1) is 8.38. The number of hydrogen-bond donors (Lipinski definition) is 0. The van der Waals surface area contributed by atoms with Crippen LogP contribution in [0, 0.1) is 5.92 Å². The zero-order valence-corrected chi connectivity index (χ0v) is 10.8. The first-order valence-corrected chi connectivity index (χ1v) is 5.78. The third kappa shape index (κ3) is 2.88. The summed E-state index contributed by atoms with van der Waals surface area (Å²) >= 11 is 0. The Bertz CT molecular complexity index is 420. The van der Waals surface area contributed by atoms with Crippen LogP contribution >= 0.6 is 0 Å². The Morgan fingerprint density at radius 3 is 2.44 bits per heavy atom. The van der Waals surface area contributed by atoms with Crippen LogP contribution in [0.2, 0.25) is 0 Å². The van der Waals surface area contributed by atoms with E-state index in [1.54, 1.807) is 6.92 Å². The van der Waals surface area contributed by atoms with Gasteiger partial charge < -0.3 is 9.47 Å². The molecule has 18 heavy (non-hydrogen) atoms. The molecule has 0 radical (unpaired) electrons. The molecule has 2 atom stereocenters. The highest BCUT2D eigenvalue weighted by Gasteiger charge is 2.37. The van der Waals surface area contributed by atoms with Crippen molar-refractivity contribution in [2.24, 2.45) is 5.92 Å². The fourth-order valence-electron chi connectivity index (χ4n) is 1.94. The summed E-state index contributed by atoms with van der Waals surface area (Å²) in [5.41, 5.74) is 1.77. The van der Waals surface area contributed by atoms with E-state index in [2.05, 4.69) is 19.7 Å². The van der Waals surface area contributed by atoms with E-state index in [1.165, 1.54) is 6.92 Å². The highest BCUT2D eigenvalue weighted by Crippen LogP contribution is 2.37. The van der Waals surface area contributed by atoms with Crippen LogP contribution in [0.25, 0.3) is 0 Å². The van der Waals surface area contributed by atoms with Crippen LogP contribution in [0.3, 0.4) is 0 Å². The summed E-state index contributed by atoms with van der Waals surface area (Å²) in [5, 5.41) is 0. The van der Waals surface area contributed by atoms with E-state index in [9.17, 15) is 9.59 Å². The molecule has 1 rings (SSSR count). The molecule has 1 aliphatic rings. The standard InChI is InChI=1S/C14H18O4/c1-6-17-14(16)13-9(3)8(2)7-12(10(13)4)18-11(5)15/h12-13H,2-4,6-7H2,1,5H3. The lowest BCUT2D eigenvalue weighted by Crippen LogP contribution is -2.34. The predicted octanol–water partition coefficient (Wildman–Crippen LogP) is 2.17. The van der Waals surface area contributed by atoms with Gasteiger partial charge in [0.15, 0.2) is 0 Å². The average Bonchev–Trinajstić information content (AvgIpc) is 2.26. The molecule has 2 unspecified atom stereocenters. The summed E-state index contributed by atoms with van der Waals surface area (Å²) in [6.45, 7) is 14.8. The van der Waals surface area contributed by atoms with Gasteiger partial charge in [0.2, 0.25) is 0 Å². The summed E-state index contributed by atoms with van der Waals surface area (Å²) in [6.07, 6.45) is -0.109. The van der Waals surface area contributed by atoms with Crippen molar-refractivity contribution in [3.8, 4) is 0 Å². The summed E-state index contributed by atoms with van der Waals surface area (Å²) in [4.78, 5) is 22.9. The molecule has 0 spiro atoms. The van der Waals surface area contributed by atoms with Gasteiger partial charge in [-0.05, 0) is 23.6 Å². The zero-order valence-electron chi connectivity index (χ0n) is 10.8. The van der Waals surface area contributed by atoms with Crippen LogP contribution in [-0.4, -0.2) is 24.6 Å². The smallest absolute Gasteiger partial charge is 0.317 e. The van der Waals surface area contributed by atoms with Gasteiger partial charge in [-0.15, -0.1) is 0 Å². The molecule has 1 fully saturated rings. The van der Waals surface area contributed by atoms with Crippen molar-refractivity contribution >= 4 is 11.9 Å². The molecule has 4 heteroatoms. The second kappa shape index (κ2) is 5.67. The molecule has 0 saturated heterocycles. The number of carbonyl (C=O) groups is 2. The minimum atomic E-state index is -0.671. The second-order valence-electron chi connectivity index (χ2n) is 4.19. The van der Waals surface area contributed by atoms with E-state index in [4.69, 9.17) is 9.47 Å². The second-order valence-corrected chi connectivity index (χ2v) is 4.19. The van der Waals surface area contributed by atoms with Gasteiger partial charge in [0.1, 0.15) is 12.0 Å². The Hall–Kier alpha value is -1.84. The van der Waals surface area contributed by atoms with Crippen LogP contribution in [-0.2, 0) is 19.1 Å². The van der Waals surface area contributed by atoms with E-state index in [-0.39, 0.29) is 6.61 Å². The molecular weight excluding hydrogens is 232 g/mol. The lowest BCUT2D eigenvalue weighted by atomic mass is 9.77. The quantitative estimate of drug-likeness (QED) is 0.569. The monoisotopic (exact) mass is 250 g/mol. The third-order valence-electron chi connectivity index (χ3n) is 2.85. The molecule has 0 bridgehead atoms. The lowest BCUT2D eigenvalue weighted by molar-refractivity contribution is -0.150. The number of esters is 2. The van der Waals surface area contributed by atoms with Gasteiger partial charge in [0.25, 0.3) is 0 Å². The van der Waals surface area contributed by atoms with Gasteiger partial charge in [-0.3, -0.25) is 9.59 Å². The van der Waals surface area contributed by atoms with Crippen LogP contribution in [0.5, 0.6) is 0 Å². The van der Waals surface area contributed by atoms with Gasteiger partial charge in [-0.2, -0.15) is 0 Å². The van der Waals surface area contributed by atoms with Crippen molar-refractivity contribution in [3.05, 3.63) is 36.5 Å². The molecule has 98 valence electrons. The Morgan fingerprint density at radius 2 is 1.94 bits per heavy atom. The number of hydrogen-bond acceptors (Lipinski definition) is 4. The van der Waals surface area contributed by atoms with Crippen LogP contribution < -0.4 is 0 Å². The summed E-state index contributed by atoms with van der Waals surface area (Å²) in [5.74, 6) is -1.51. The fourth-order valence-corrected chi connectivity index (χ4v) is 1.94. The Labute approximate surface area is 107 Å². The van der Waals surface area contributed by atoms with Crippen LogP contribution in [0.15, 0.2) is 36.5 Å². The Balaban J connectivity index is 2.95. The van der Waals surface area contributed by atoms with E-state index < -0.39 is 24.0 Å². The molecule has 0 amide bonds. The van der Waals surface area contributed by atoms with Crippen molar-refractivity contribution in [3.63, 3.8) is 0 Å². The van der Waals surface area contributed by atoms with Crippen molar-refractivity contribution in [1.29, 1.82) is 0 Å². The fraction of sp³-hybridized carbons (Fsp3) is 0.429. The molecule has 4 nitrogen and oxygen atoms in total. The zero-order chi connectivity index (χ0) is 13.9. The normalized spacial score (nSPS) is 23.8. The van der Waals surface area contributed by atoms with E-state index in [1.807, 2.05) is 0 Å². The summed E-state index contributed by atoms with van der Waals surface area (Å²) in [7, 11) is 0. The molecular formula is C14H18O4. The largest absolute Gasteiger partial charge is 0.465 e. The number of rotatable bonds is 3. The number of carbonyl (C=O) groups excluding carboxylic acids is 2. The molecule has 0 heterocycles. The van der Waals surface area contributed by atoms with Crippen molar-refractivity contribution < 1.29 is 19.1 Å². The van der Waals surface area contributed by atoms with Crippen molar-refractivity contribution in [1.82, 2.24) is 0 Å². The van der Waals surface area contributed by atoms with Gasteiger partial charge in [0.05, 0.1) is 6.61 Å². The van der Waals surface area contributed by atoms with Crippen molar-refractivity contribution in [2.75, 3.05) is 6.61 Å². The van der Waals surface area contributed by atoms with Crippen molar-refractivity contribution in [2.45, 2.75) is 26.4 Å². The van der Waals surface area contributed by atoms with E-state index in [0.29, 0.717) is 23.1 Å². The maximum absolute atomic E-state index is 11.9. The Kier molecular flexibility index (Phi) is 4.48. The first-order valence-electron chi connectivity index (χ1n) is 5.78. The average molecular weight is 250 g/mol. The van der Waals surface area contributed by atoms with Crippen LogP contribution in [0.1, 0.15) is 20.3 Å². The number of ether oxygens (including phenoxy) is 2. The minimum Gasteiger partial charge on any atom is -0.465 e. The highest BCUT2D eigenvalue weighted by atomic mass is 16.5. The van der Waals surface area contributed by atoms with Gasteiger partial charge in [-0.25, -0.2) is 0 Å². The summed E-state index contributed by atoms with van der Waals surface area (Å²) in [6, 6.07) is 0. The highest BCUT2D eigenvalue weighted by molar-refractivity contribution is 5.82. The molecule has 0 aliphatic heterocycles. The molecule has 0 N–H and O–H groups in total. The lowest BCUT2D eigenvalue weighted by Gasteiger charge is -2.33. The molecule has 0 aromatic heterocycles. The summed E-state index contributed by atoms with van der Waals surface area (Å²) < 4.78 is 10.1. The predicted molar refractivity (Wildman–Crippen MR) is 67.7 cm³/mol. The van der Waals surface area contributed by atoms with Gasteiger partial charge >= 0.3 is 11.9 Å². The minimum absolute atomic E-state index is 0.278. The SMILES string of the molecule is C=C1CC(OC(C)=O)C(=C)C(C(=O)OCC)C1=C. The Morgan fingerprint density at radius 1 is 1.33 bits per heavy atom. The first kappa shape index (κ1) is 14.2. The third-order valence-corrected chi connectivity index (χ3v) is 2.85. The topological polar surface area (TPSA) is 52.6 Å². The van der Waals surface area contributed by atoms with E-state index in [0.717, 1.165) is 0 Å². The van der Waals surface area contributed by atoms with Gasteiger partial charge in [0, 0.05) is 13.3 Å². The van der Waals surface area contributed by atoms with E-state index >= 15 is 0 Å². The van der Waals surface area contributed by atoms with Gasteiger partial charge in [-0.1, -0.05) is 19.7 Å². The van der Waals surface area contributed by atoms with Crippen LogP contribution in [0.4, 0.5) is 0 Å². The maximum atomic E-state index is 11.9. The maximum Gasteiger partial charge on any atom is 0.317 e. The molecule has 1 saturated carbocycles. The molecule has 0 aromatic rings.